The Labute approximate surface area is 112 Å². The number of thiazole rings is 1. The second kappa shape index (κ2) is 4.97. The summed E-state index contributed by atoms with van der Waals surface area (Å²) >= 11 is 1.45. The van der Waals surface area contributed by atoms with Crippen LogP contribution in [0.4, 0.5) is 0 Å². The first-order valence-electron chi connectivity index (χ1n) is 6.36. The minimum absolute atomic E-state index is 0.0853. The van der Waals surface area contributed by atoms with E-state index >= 15 is 0 Å². The lowest BCUT2D eigenvalue weighted by atomic mass is 9.91. The summed E-state index contributed by atoms with van der Waals surface area (Å²) < 4.78 is 0. The van der Waals surface area contributed by atoms with Crippen molar-refractivity contribution in [2.24, 2.45) is 11.7 Å². The highest BCUT2D eigenvalue weighted by Gasteiger charge is 2.31. The molecule has 2 rings (SSSR count). The van der Waals surface area contributed by atoms with Gasteiger partial charge >= 0.3 is 0 Å². The molecule has 4 nitrogen and oxygen atoms in total. The third-order valence-corrected chi connectivity index (χ3v) is 4.19. The first-order chi connectivity index (χ1) is 8.43. The van der Waals surface area contributed by atoms with Crippen LogP contribution in [-0.2, 0) is 5.41 Å². The lowest BCUT2D eigenvalue weighted by Crippen LogP contribution is -2.31. The number of hydrogen-bond acceptors (Lipinski definition) is 4. The third kappa shape index (κ3) is 2.57. The van der Waals surface area contributed by atoms with Crippen LogP contribution in [0.2, 0.25) is 0 Å². The lowest BCUT2D eigenvalue weighted by molar-refractivity contribution is 0.0789. The summed E-state index contributed by atoms with van der Waals surface area (Å²) in [4.78, 5) is 19.6. The summed E-state index contributed by atoms with van der Waals surface area (Å²) in [6, 6.07) is 0. The van der Waals surface area contributed by atoms with E-state index in [0.29, 0.717) is 12.5 Å². The van der Waals surface area contributed by atoms with Crippen LogP contribution in [0.25, 0.3) is 0 Å². The van der Waals surface area contributed by atoms with E-state index in [1.807, 2.05) is 4.90 Å². The molecule has 0 aromatic carbocycles. The molecule has 0 spiro atoms. The van der Waals surface area contributed by atoms with Crippen molar-refractivity contribution in [1.82, 2.24) is 9.88 Å². The second-order valence-corrected chi connectivity index (χ2v) is 6.78. The average Bonchev–Trinajstić information content (AvgIpc) is 2.96. The smallest absolute Gasteiger partial charge is 0.265 e. The van der Waals surface area contributed by atoms with E-state index in [9.17, 15) is 4.79 Å². The van der Waals surface area contributed by atoms with Crippen molar-refractivity contribution in [2.45, 2.75) is 32.6 Å². The molecule has 1 amide bonds. The minimum atomic E-state index is -0.0853. The van der Waals surface area contributed by atoms with Crippen LogP contribution in [0.3, 0.4) is 0 Å². The maximum atomic E-state index is 12.5. The monoisotopic (exact) mass is 267 g/mol. The lowest BCUT2D eigenvalue weighted by Gasteiger charge is -2.20. The van der Waals surface area contributed by atoms with Crippen LogP contribution in [-0.4, -0.2) is 35.4 Å². The van der Waals surface area contributed by atoms with E-state index in [2.05, 4.69) is 25.8 Å². The highest BCUT2D eigenvalue weighted by Crippen LogP contribution is 2.29. The summed E-state index contributed by atoms with van der Waals surface area (Å²) in [5, 5.41) is 0. The zero-order valence-corrected chi connectivity index (χ0v) is 12.1. The number of amides is 1. The topological polar surface area (TPSA) is 59.2 Å². The minimum Gasteiger partial charge on any atom is -0.338 e. The maximum Gasteiger partial charge on any atom is 0.265 e. The van der Waals surface area contributed by atoms with Gasteiger partial charge in [-0.15, -0.1) is 11.3 Å². The molecule has 1 aromatic rings. The van der Waals surface area contributed by atoms with Gasteiger partial charge in [0.05, 0.1) is 11.2 Å². The van der Waals surface area contributed by atoms with Crippen molar-refractivity contribution >= 4 is 17.2 Å². The Morgan fingerprint density at radius 3 is 2.89 bits per heavy atom. The Kier molecular flexibility index (Phi) is 3.73. The molecule has 0 radical (unpaired) electrons. The zero-order chi connectivity index (χ0) is 13.3. The van der Waals surface area contributed by atoms with Crippen LogP contribution < -0.4 is 5.73 Å². The Balaban J connectivity index is 2.18. The number of carbonyl (C=O) groups excluding carboxylic acids is 1. The van der Waals surface area contributed by atoms with Gasteiger partial charge in [0.15, 0.2) is 0 Å². The van der Waals surface area contributed by atoms with Crippen LogP contribution in [0.5, 0.6) is 0 Å². The molecule has 18 heavy (non-hydrogen) atoms. The largest absolute Gasteiger partial charge is 0.338 e. The van der Waals surface area contributed by atoms with Gasteiger partial charge < -0.3 is 10.6 Å². The maximum absolute atomic E-state index is 12.5. The molecule has 100 valence electrons. The number of hydrogen-bond donors (Lipinski definition) is 1. The standard InChI is InChI=1S/C13H21N3OS/c1-13(2,3)11-10(18-8-15-11)12(17)16-5-4-9(6-14)7-16/h8-9H,4-7,14H2,1-3H3/t9-/m1/s1. The number of carbonyl (C=O) groups is 1. The van der Waals surface area contributed by atoms with E-state index < -0.39 is 0 Å². The number of nitrogens with zero attached hydrogens (tertiary/aromatic N) is 2. The van der Waals surface area contributed by atoms with Crippen molar-refractivity contribution in [3.63, 3.8) is 0 Å². The van der Waals surface area contributed by atoms with Crippen molar-refractivity contribution in [1.29, 1.82) is 0 Å². The number of likely N-dealkylation sites (tertiary alicyclic amines) is 1. The van der Waals surface area contributed by atoms with Crippen LogP contribution >= 0.6 is 11.3 Å². The van der Waals surface area contributed by atoms with Crippen LogP contribution in [0, 0.1) is 5.92 Å². The second-order valence-electron chi connectivity index (χ2n) is 5.92. The van der Waals surface area contributed by atoms with E-state index in [1.165, 1.54) is 11.3 Å². The Morgan fingerprint density at radius 2 is 2.33 bits per heavy atom. The SMILES string of the molecule is CC(C)(C)c1ncsc1C(=O)N1CC[C@H](CN)C1. The van der Waals surface area contributed by atoms with Gasteiger partial charge in [-0.25, -0.2) is 4.98 Å². The summed E-state index contributed by atoms with van der Waals surface area (Å²) in [6.45, 7) is 8.54. The molecule has 1 aromatic heterocycles. The number of rotatable bonds is 2. The molecule has 2 heterocycles. The van der Waals surface area contributed by atoms with Crippen molar-refractivity contribution in [3.05, 3.63) is 16.1 Å². The van der Waals surface area contributed by atoms with Crippen molar-refractivity contribution < 1.29 is 4.79 Å². The first kappa shape index (κ1) is 13.5. The fourth-order valence-electron chi connectivity index (χ4n) is 2.29. The molecule has 0 saturated carbocycles. The highest BCUT2D eigenvalue weighted by atomic mass is 32.1. The summed E-state index contributed by atoms with van der Waals surface area (Å²) in [6.07, 6.45) is 1.02. The Morgan fingerprint density at radius 1 is 1.61 bits per heavy atom. The molecule has 5 heteroatoms. The summed E-state index contributed by atoms with van der Waals surface area (Å²) in [7, 11) is 0. The molecule has 0 bridgehead atoms. The third-order valence-electron chi connectivity index (χ3n) is 3.38. The molecule has 1 aliphatic heterocycles. The first-order valence-corrected chi connectivity index (χ1v) is 7.24. The summed E-state index contributed by atoms with van der Waals surface area (Å²) in [5.41, 5.74) is 8.26. The zero-order valence-electron chi connectivity index (χ0n) is 11.3. The summed E-state index contributed by atoms with van der Waals surface area (Å²) in [5.74, 6) is 0.582. The number of aromatic nitrogens is 1. The number of nitrogens with two attached hydrogens (primary N) is 1. The Hall–Kier alpha value is -0.940. The van der Waals surface area contributed by atoms with Crippen molar-refractivity contribution in [2.75, 3.05) is 19.6 Å². The molecule has 0 unspecified atom stereocenters. The van der Waals surface area contributed by atoms with Gasteiger partial charge in [0.2, 0.25) is 0 Å². The predicted molar refractivity (Wildman–Crippen MR) is 73.9 cm³/mol. The van der Waals surface area contributed by atoms with Gasteiger partial charge in [0, 0.05) is 18.5 Å². The van der Waals surface area contributed by atoms with Crippen LogP contribution in [0.1, 0.15) is 42.6 Å². The average molecular weight is 267 g/mol. The molecule has 1 aliphatic rings. The van der Waals surface area contributed by atoms with E-state index in [4.69, 9.17) is 5.73 Å². The van der Waals surface area contributed by atoms with Gasteiger partial charge in [-0.3, -0.25) is 4.79 Å². The van der Waals surface area contributed by atoms with E-state index in [-0.39, 0.29) is 11.3 Å². The molecular formula is C13H21N3OS. The van der Waals surface area contributed by atoms with Gasteiger partial charge in [0.25, 0.3) is 5.91 Å². The van der Waals surface area contributed by atoms with E-state index in [0.717, 1.165) is 30.1 Å². The predicted octanol–water partition coefficient (Wildman–Crippen LogP) is 1.86. The van der Waals surface area contributed by atoms with Crippen molar-refractivity contribution in [3.8, 4) is 0 Å². The van der Waals surface area contributed by atoms with Gasteiger partial charge in [-0.05, 0) is 18.9 Å². The van der Waals surface area contributed by atoms with Gasteiger partial charge in [-0.1, -0.05) is 20.8 Å². The quantitative estimate of drug-likeness (QED) is 0.889. The van der Waals surface area contributed by atoms with Crippen LogP contribution in [0.15, 0.2) is 5.51 Å². The van der Waals surface area contributed by atoms with Gasteiger partial charge in [-0.2, -0.15) is 0 Å². The fourth-order valence-corrected chi connectivity index (χ4v) is 3.25. The highest BCUT2D eigenvalue weighted by molar-refractivity contribution is 7.11. The van der Waals surface area contributed by atoms with Gasteiger partial charge in [0.1, 0.15) is 4.88 Å². The molecule has 1 saturated heterocycles. The molecule has 1 atom stereocenters. The Bertz CT molecular complexity index is 436. The normalized spacial score (nSPS) is 20.4. The molecule has 2 N–H and O–H groups in total. The molecular weight excluding hydrogens is 246 g/mol. The molecule has 0 aliphatic carbocycles. The fraction of sp³-hybridized carbons (Fsp3) is 0.692. The molecule has 1 fully saturated rings. The van der Waals surface area contributed by atoms with E-state index in [1.54, 1.807) is 5.51 Å².